The predicted molar refractivity (Wildman–Crippen MR) is 83.2 cm³/mol. The molecule has 7 heteroatoms. The fourth-order valence-electron chi connectivity index (χ4n) is 2.01. The Kier molecular flexibility index (Phi) is 5.21. The van der Waals surface area contributed by atoms with Crippen molar-refractivity contribution in [2.45, 2.75) is 26.3 Å². The lowest BCUT2D eigenvalue weighted by Crippen LogP contribution is -2.39. The molecular weight excluding hydrogens is 302 g/mol. The molecule has 0 atom stereocenters. The van der Waals surface area contributed by atoms with Gasteiger partial charge in [-0.15, -0.1) is 11.3 Å². The SMILES string of the molecule is CC(C)N(CCc1nccs1)C(=O)c1cccc(C(=O)O)n1. The Morgan fingerprint density at radius 2 is 2.05 bits per heavy atom. The van der Waals surface area contributed by atoms with Crippen LogP contribution in [0.4, 0.5) is 0 Å². The number of nitrogens with zero attached hydrogens (tertiary/aromatic N) is 3. The topological polar surface area (TPSA) is 83.4 Å². The first-order valence-electron chi connectivity index (χ1n) is 6.88. The lowest BCUT2D eigenvalue weighted by molar-refractivity contribution is 0.0688. The van der Waals surface area contributed by atoms with Crippen molar-refractivity contribution in [3.8, 4) is 0 Å². The average molecular weight is 319 g/mol. The van der Waals surface area contributed by atoms with Gasteiger partial charge in [0.15, 0.2) is 0 Å². The number of carbonyl (C=O) groups is 2. The second-order valence-corrected chi connectivity index (χ2v) is 5.96. The van der Waals surface area contributed by atoms with E-state index in [1.165, 1.54) is 18.2 Å². The third kappa shape index (κ3) is 3.88. The average Bonchev–Trinajstić information content (AvgIpc) is 3.00. The second kappa shape index (κ2) is 7.13. The molecule has 2 aromatic rings. The molecule has 6 nitrogen and oxygen atoms in total. The van der Waals surface area contributed by atoms with E-state index in [1.54, 1.807) is 22.4 Å². The molecule has 0 fully saturated rings. The van der Waals surface area contributed by atoms with E-state index in [9.17, 15) is 9.59 Å². The lowest BCUT2D eigenvalue weighted by Gasteiger charge is -2.26. The summed E-state index contributed by atoms with van der Waals surface area (Å²) in [6, 6.07) is 4.42. The number of carboxylic acids is 1. The van der Waals surface area contributed by atoms with Crippen LogP contribution >= 0.6 is 11.3 Å². The summed E-state index contributed by atoms with van der Waals surface area (Å²) < 4.78 is 0. The molecular formula is C15H17N3O3S. The van der Waals surface area contributed by atoms with E-state index in [-0.39, 0.29) is 23.3 Å². The quantitative estimate of drug-likeness (QED) is 0.883. The molecule has 22 heavy (non-hydrogen) atoms. The van der Waals surface area contributed by atoms with E-state index in [2.05, 4.69) is 9.97 Å². The molecule has 2 rings (SSSR count). The molecule has 0 unspecified atom stereocenters. The van der Waals surface area contributed by atoms with E-state index in [1.807, 2.05) is 19.2 Å². The van der Waals surface area contributed by atoms with Crippen molar-refractivity contribution < 1.29 is 14.7 Å². The minimum atomic E-state index is -1.14. The summed E-state index contributed by atoms with van der Waals surface area (Å²) >= 11 is 1.55. The van der Waals surface area contributed by atoms with Gasteiger partial charge < -0.3 is 10.0 Å². The molecule has 2 aromatic heterocycles. The molecule has 0 saturated carbocycles. The number of thiazole rings is 1. The molecule has 0 aliphatic carbocycles. The van der Waals surface area contributed by atoms with Gasteiger partial charge in [0.2, 0.25) is 0 Å². The molecule has 0 aliphatic rings. The van der Waals surface area contributed by atoms with Gasteiger partial charge in [0.05, 0.1) is 5.01 Å². The van der Waals surface area contributed by atoms with Gasteiger partial charge in [0.25, 0.3) is 5.91 Å². The minimum absolute atomic E-state index is 0.0113. The van der Waals surface area contributed by atoms with E-state index in [4.69, 9.17) is 5.11 Å². The molecule has 0 bridgehead atoms. The van der Waals surface area contributed by atoms with Gasteiger partial charge in [-0.2, -0.15) is 0 Å². The Labute approximate surface area is 132 Å². The van der Waals surface area contributed by atoms with Gasteiger partial charge >= 0.3 is 5.97 Å². The standard InChI is InChI=1S/C15H17N3O3S/c1-10(2)18(8-6-13-16-7-9-22-13)14(19)11-4-3-5-12(17-11)15(20)21/h3-5,7,9-10H,6,8H2,1-2H3,(H,20,21). The number of carboxylic acid groups (broad SMARTS) is 1. The summed E-state index contributed by atoms with van der Waals surface area (Å²) in [5.74, 6) is -1.41. The van der Waals surface area contributed by atoms with Gasteiger partial charge in [-0.25, -0.2) is 14.8 Å². The van der Waals surface area contributed by atoms with Crippen LogP contribution in [0.25, 0.3) is 0 Å². The third-order valence-electron chi connectivity index (χ3n) is 3.12. The highest BCUT2D eigenvalue weighted by Crippen LogP contribution is 2.11. The first-order valence-corrected chi connectivity index (χ1v) is 7.76. The maximum absolute atomic E-state index is 12.6. The molecule has 0 saturated heterocycles. The van der Waals surface area contributed by atoms with Gasteiger partial charge in [0.1, 0.15) is 11.4 Å². The number of aromatic nitrogens is 2. The molecule has 1 amide bonds. The Bertz CT molecular complexity index is 656. The van der Waals surface area contributed by atoms with Crippen LogP contribution in [-0.2, 0) is 6.42 Å². The van der Waals surface area contributed by atoms with E-state index < -0.39 is 5.97 Å². The van der Waals surface area contributed by atoms with Crippen molar-refractivity contribution >= 4 is 23.2 Å². The Morgan fingerprint density at radius 1 is 1.32 bits per heavy atom. The zero-order valence-electron chi connectivity index (χ0n) is 12.4. The highest BCUT2D eigenvalue weighted by Gasteiger charge is 2.21. The van der Waals surface area contributed by atoms with Crippen molar-refractivity contribution in [2.75, 3.05) is 6.54 Å². The molecule has 0 aromatic carbocycles. The van der Waals surface area contributed by atoms with E-state index in [0.717, 1.165) is 5.01 Å². The van der Waals surface area contributed by atoms with E-state index >= 15 is 0 Å². The number of hydrogen-bond acceptors (Lipinski definition) is 5. The van der Waals surface area contributed by atoms with Crippen LogP contribution in [0, 0.1) is 0 Å². The summed E-state index contributed by atoms with van der Waals surface area (Å²) in [4.78, 5) is 33.3. The van der Waals surface area contributed by atoms with E-state index in [0.29, 0.717) is 13.0 Å². The first kappa shape index (κ1) is 16.1. The second-order valence-electron chi connectivity index (χ2n) is 4.98. The maximum Gasteiger partial charge on any atom is 0.354 e. The van der Waals surface area contributed by atoms with Gasteiger partial charge in [-0.05, 0) is 26.0 Å². The van der Waals surface area contributed by atoms with Gasteiger partial charge in [-0.1, -0.05) is 6.07 Å². The number of aromatic carboxylic acids is 1. The number of rotatable bonds is 6. The number of pyridine rings is 1. The first-order chi connectivity index (χ1) is 10.5. The van der Waals surface area contributed by atoms with Crippen molar-refractivity contribution in [2.24, 2.45) is 0 Å². The van der Waals surface area contributed by atoms with Crippen molar-refractivity contribution in [1.82, 2.24) is 14.9 Å². The monoisotopic (exact) mass is 319 g/mol. The highest BCUT2D eigenvalue weighted by atomic mass is 32.1. The molecule has 2 heterocycles. The largest absolute Gasteiger partial charge is 0.477 e. The molecule has 1 N–H and O–H groups in total. The Morgan fingerprint density at radius 3 is 2.64 bits per heavy atom. The van der Waals surface area contributed by atoms with Crippen LogP contribution < -0.4 is 0 Å². The van der Waals surface area contributed by atoms with Crippen LogP contribution in [0.3, 0.4) is 0 Å². The summed E-state index contributed by atoms with van der Waals surface area (Å²) in [7, 11) is 0. The number of amides is 1. The van der Waals surface area contributed by atoms with Crippen LogP contribution in [0.5, 0.6) is 0 Å². The normalized spacial score (nSPS) is 10.7. The predicted octanol–water partition coefficient (Wildman–Crippen LogP) is 2.33. The van der Waals surface area contributed by atoms with Crippen LogP contribution in [0.2, 0.25) is 0 Å². The lowest BCUT2D eigenvalue weighted by atomic mass is 10.2. The third-order valence-corrected chi connectivity index (χ3v) is 3.96. The zero-order chi connectivity index (χ0) is 16.1. The molecule has 0 spiro atoms. The maximum atomic E-state index is 12.6. The summed E-state index contributed by atoms with van der Waals surface area (Å²) in [6.07, 6.45) is 2.40. The van der Waals surface area contributed by atoms with Crippen LogP contribution in [0.1, 0.15) is 39.8 Å². The summed E-state index contributed by atoms with van der Waals surface area (Å²) in [6.45, 7) is 4.35. The molecule has 0 radical (unpaired) electrons. The fraction of sp³-hybridized carbons (Fsp3) is 0.333. The Hall–Kier alpha value is -2.28. The van der Waals surface area contributed by atoms with Crippen molar-refractivity contribution in [3.05, 3.63) is 46.2 Å². The summed E-state index contributed by atoms with van der Waals surface area (Å²) in [5, 5.41) is 11.8. The number of carbonyl (C=O) groups excluding carboxylic acids is 1. The van der Waals surface area contributed by atoms with Gasteiger partial charge in [-0.3, -0.25) is 4.79 Å². The fourth-order valence-corrected chi connectivity index (χ4v) is 2.62. The molecule has 116 valence electrons. The number of hydrogen-bond donors (Lipinski definition) is 1. The van der Waals surface area contributed by atoms with Crippen molar-refractivity contribution in [3.63, 3.8) is 0 Å². The zero-order valence-corrected chi connectivity index (χ0v) is 13.2. The minimum Gasteiger partial charge on any atom is -0.477 e. The summed E-state index contributed by atoms with van der Waals surface area (Å²) in [5.41, 5.74) is 0.0159. The van der Waals surface area contributed by atoms with Gasteiger partial charge in [0, 0.05) is 30.6 Å². The molecule has 0 aliphatic heterocycles. The highest BCUT2D eigenvalue weighted by molar-refractivity contribution is 7.09. The van der Waals surface area contributed by atoms with Crippen LogP contribution in [-0.4, -0.2) is 44.4 Å². The van der Waals surface area contributed by atoms with Crippen LogP contribution in [0.15, 0.2) is 29.8 Å². The Balaban J connectivity index is 2.15. The van der Waals surface area contributed by atoms with Crippen molar-refractivity contribution in [1.29, 1.82) is 0 Å². The smallest absolute Gasteiger partial charge is 0.354 e.